The van der Waals surface area contributed by atoms with Crippen LogP contribution in [-0.4, -0.2) is 84.6 Å². The Bertz CT molecular complexity index is 2120. The Balaban J connectivity index is 2.03. The van der Waals surface area contributed by atoms with Crippen LogP contribution in [0.4, 0.5) is 37.1 Å². The van der Waals surface area contributed by atoms with Gasteiger partial charge in [-0.25, -0.2) is 14.4 Å². The van der Waals surface area contributed by atoms with Gasteiger partial charge in [0, 0.05) is 47.1 Å². The molecular weight excluding hydrogens is 895 g/mol. The van der Waals surface area contributed by atoms with E-state index in [4.69, 9.17) is 30.4 Å². The molecule has 5 amide bonds. The minimum atomic E-state index is -0.701. The Hall–Kier alpha value is -5.49. The van der Waals surface area contributed by atoms with Crippen LogP contribution >= 0.6 is 23.5 Å². The Labute approximate surface area is 405 Å². The average molecular weight is 968 g/mol. The fourth-order valence-electron chi connectivity index (χ4n) is 5.89. The number of alkyl carbamates (subject to hydrolysis) is 3. The highest BCUT2D eigenvalue weighted by Gasteiger charge is 2.25. The van der Waals surface area contributed by atoms with Crippen LogP contribution in [0.1, 0.15) is 136 Å². The van der Waals surface area contributed by atoms with Crippen molar-refractivity contribution < 1.29 is 42.9 Å². The predicted molar refractivity (Wildman–Crippen MR) is 271 cm³/mol. The number of thioether (sulfide) groups is 2. The molecule has 370 valence electrons. The van der Waals surface area contributed by atoms with E-state index in [0.717, 1.165) is 11.1 Å². The van der Waals surface area contributed by atoms with E-state index in [-0.39, 0.29) is 53.9 Å². The number of nitrogens with two attached hydrogens (primary N) is 2. The number of benzene rings is 3. The fraction of sp³-hybridized carbons (Fsp3) is 0.531. The van der Waals surface area contributed by atoms with Crippen molar-refractivity contribution in [1.29, 1.82) is 0 Å². The summed E-state index contributed by atoms with van der Waals surface area (Å²) >= 11 is 2.71. The van der Waals surface area contributed by atoms with Crippen LogP contribution in [0, 0.1) is 0 Å². The van der Waals surface area contributed by atoms with Crippen LogP contribution < -0.4 is 42.8 Å². The molecule has 0 aliphatic rings. The SMILES string of the molecule is CC(C)(C)OC(=O)NCCOc1cc(C(=O)Nc2cc(C(C)(C)C)cc(N)c2SCCNC(=O)OC(C)(C)C)cc(C(=O)Nc2cc(C(C)(C)C)cc(N)c2SCCNC(=O)OC(C)(C)C)c1. The standard InChI is InChI=1S/C49H73N7O9S2/c1-45(2,3)31-25-34(50)38(66-20-17-53-43(60)64-48(10,11)12)36(27-31)55-40(57)29-22-30(24-33(23-29)62-19-16-52-42(59)63-47(7,8)9)41(58)56-37-28-32(46(4,5)6)26-35(51)39(37)67-21-18-54-44(61)65-49(13,14)15/h22-28H,16-21,50-51H2,1-15H3,(H,52,59)(H,53,60)(H,54,61)(H,55,57)(H,56,58). The van der Waals surface area contributed by atoms with E-state index in [0.29, 0.717) is 44.0 Å². The van der Waals surface area contributed by atoms with Gasteiger partial charge in [-0.1, -0.05) is 41.5 Å². The maximum Gasteiger partial charge on any atom is 0.407 e. The minimum absolute atomic E-state index is 0.0179. The van der Waals surface area contributed by atoms with E-state index in [1.165, 1.54) is 41.7 Å². The van der Waals surface area contributed by atoms with Gasteiger partial charge < -0.3 is 57.0 Å². The Morgan fingerprint density at radius 1 is 0.493 bits per heavy atom. The lowest BCUT2D eigenvalue weighted by atomic mass is 9.86. The van der Waals surface area contributed by atoms with E-state index in [1.807, 2.05) is 65.8 Å². The first-order valence-electron chi connectivity index (χ1n) is 22.2. The molecule has 3 rings (SSSR count). The first-order chi connectivity index (χ1) is 30.7. The van der Waals surface area contributed by atoms with E-state index in [1.54, 1.807) is 62.3 Å². The van der Waals surface area contributed by atoms with Crippen LogP contribution in [0.2, 0.25) is 0 Å². The Morgan fingerprint density at radius 2 is 0.836 bits per heavy atom. The smallest absolute Gasteiger partial charge is 0.407 e. The number of carbonyl (C=O) groups is 5. The number of carbonyl (C=O) groups excluding carboxylic acids is 5. The third kappa shape index (κ3) is 19.7. The molecule has 0 unspecified atom stereocenters. The van der Waals surface area contributed by atoms with Gasteiger partial charge in [-0.15, -0.1) is 23.5 Å². The van der Waals surface area contributed by atoms with Gasteiger partial charge in [0.15, 0.2) is 0 Å². The molecule has 16 nitrogen and oxygen atoms in total. The van der Waals surface area contributed by atoms with E-state index >= 15 is 0 Å². The maximum atomic E-state index is 14.4. The molecule has 0 aliphatic carbocycles. The minimum Gasteiger partial charge on any atom is -0.492 e. The average Bonchev–Trinajstić information content (AvgIpc) is 3.15. The summed E-state index contributed by atoms with van der Waals surface area (Å²) in [5, 5.41) is 14.2. The molecule has 67 heavy (non-hydrogen) atoms. The van der Waals surface area contributed by atoms with Gasteiger partial charge in [0.2, 0.25) is 0 Å². The zero-order chi connectivity index (χ0) is 50.7. The lowest BCUT2D eigenvalue weighted by molar-refractivity contribution is 0.0512. The molecule has 0 aliphatic heterocycles. The summed E-state index contributed by atoms with van der Waals surface area (Å²) in [6.45, 7) is 28.7. The number of rotatable bonds is 16. The van der Waals surface area contributed by atoms with E-state index < -0.39 is 46.9 Å². The van der Waals surface area contributed by atoms with Crippen molar-refractivity contribution in [3.63, 3.8) is 0 Å². The molecule has 3 aromatic rings. The van der Waals surface area contributed by atoms with Crippen LogP contribution in [-0.2, 0) is 25.0 Å². The van der Waals surface area contributed by atoms with Gasteiger partial charge in [0.05, 0.1) is 27.7 Å². The molecule has 0 saturated heterocycles. The number of hydrogen-bond acceptors (Lipinski definition) is 13. The first-order valence-corrected chi connectivity index (χ1v) is 24.1. The lowest BCUT2D eigenvalue weighted by Crippen LogP contribution is -2.34. The zero-order valence-electron chi connectivity index (χ0n) is 41.9. The molecule has 0 fully saturated rings. The summed E-state index contributed by atoms with van der Waals surface area (Å²) in [5.74, 6) is -0.113. The van der Waals surface area contributed by atoms with Crippen molar-refractivity contribution in [2.24, 2.45) is 0 Å². The maximum absolute atomic E-state index is 14.4. The highest BCUT2D eigenvalue weighted by atomic mass is 32.2. The summed E-state index contributed by atoms with van der Waals surface area (Å²) in [4.78, 5) is 66.9. The lowest BCUT2D eigenvalue weighted by Gasteiger charge is -2.24. The molecule has 0 atom stereocenters. The first kappa shape index (κ1) is 55.8. The largest absolute Gasteiger partial charge is 0.492 e. The second-order valence-electron chi connectivity index (χ2n) is 20.9. The molecule has 0 saturated carbocycles. The number of ether oxygens (including phenoxy) is 4. The highest BCUT2D eigenvalue weighted by molar-refractivity contribution is 7.99. The number of hydrogen-bond donors (Lipinski definition) is 7. The molecule has 0 bridgehead atoms. The molecule has 0 heterocycles. The van der Waals surface area contributed by atoms with Crippen LogP contribution in [0.3, 0.4) is 0 Å². The van der Waals surface area contributed by atoms with E-state index in [9.17, 15) is 24.0 Å². The third-order valence-electron chi connectivity index (χ3n) is 8.97. The molecule has 3 aromatic carbocycles. The fourth-order valence-corrected chi connectivity index (χ4v) is 7.69. The molecule has 0 radical (unpaired) electrons. The van der Waals surface area contributed by atoms with Gasteiger partial charge in [-0.05, 0) is 127 Å². The van der Waals surface area contributed by atoms with Crippen molar-refractivity contribution in [2.75, 3.05) is 59.8 Å². The molecule has 9 N–H and O–H groups in total. The second kappa shape index (κ2) is 23.0. The van der Waals surface area contributed by atoms with Gasteiger partial charge in [0.25, 0.3) is 11.8 Å². The van der Waals surface area contributed by atoms with Crippen LogP contribution in [0.5, 0.6) is 5.75 Å². The quantitative estimate of drug-likeness (QED) is 0.0307. The van der Waals surface area contributed by atoms with Gasteiger partial charge >= 0.3 is 18.3 Å². The van der Waals surface area contributed by atoms with Crippen molar-refractivity contribution in [3.05, 3.63) is 64.7 Å². The third-order valence-corrected chi connectivity index (χ3v) is 11.3. The molecule has 0 spiro atoms. The Kier molecular flexibility index (Phi) is 19.2. The molecule has 0 aromatic heterocycles. The number of nitrogens with one attached hydrogen (secondary N) is 5. The normalized spacial score (nSPS) is 12.1. The van der Waals surface area contributed by atoms with Crippen molar-refractivity contribution in [1.82, 2.24) is 16.0 Å². The second-order valence-corrected chi connectivity index (χ2v) is 23.1. The van der Waals surface area contributed by atoms with Crippen LogP contribution in [0.25, 0.3) is 0 Å². The van der Waals surface area contributed by atoms with Gasteiger partial charge in [-0.2, -0.15) is 0 Å². The molecule has 18 heteroatoms. The summed E-state index contributed by atoms with van der Waals surface area (Å²) < 4.78 is 22.1. The number of nitrogen functional groups attached to an aromatic ring is 2. The zero-order valence-corrected chi connectivity index (χ0v) is 43.6. The predicted octanol–water partition coefficient (Wildman–Crippen LogP) is 10.1. The highest BCUT2D eigenvalue weighted by Crippen LogP contribution is 2.40. The van der Waals surface area contributed by atoms with Crippen molar-refractivity contribution >= 4 is 76.4 Å². The number of anilines is 4. The summed E-state index contributed by atoms with van der Waals surface area (Å²) in [6, 6.07) is 11.9. The van der Waals surface area contributed by atoms with Crippen LogP contribution in [0.15, 0.2) is 52.3 Å². The van der Waals surface area contributed by atoms with Gasteiger partial charge in [-0.3, -0.25) is 9.59 Å². The number of amides is 5. The summed E-state index contributed by atoms with van der Waals surface area (Å²) in [6.07, 6.45) is -1.72. The summed E-state index contributed by atoms with van der Waals surface area (Å²) in [7, 11) is 0. The molecular formula is C49H73N7O9S2. The summed E-state index contributed by atoms with van der Waals surface area (Å²) in [5.41, 5.74) is 14.3. The topological polar surface area (TPSA) is 234 Å². The van der Waals surface area contributed by atoms with Crippen molar-refractivity contribution in [3.8, 4) is 5.75 Å². The Morgan fingerprint density at radius 3 is 1.16 bits per heavy atom. The van der Waals surface area contributed by atoms with E-state index in [2.05, 4.69) is 26.6 Å². The monoisotopic (exact) mass is 967 g/mol. The van der Waals surface area contributed by atoms with Gasteiger partial charge in [0.1, 0.15) is 29.2 Å². The van der Waals surface area contributed by atoms with Crippen molar-refractivity contribution in [2.45, 2.75) is 141 Å².